The largest absolute Gasteiger partial charge is 0.464 e. The molecule has 2 aromatic carbocycles. The summed E-state index contributed by atoms with van der Waals surface area (Å²) in [7, 11) is 0. The Balaban J connectivity index is 1.54. The average molecular weight is 513 g/mol. The number of nitrogens with zero attached hydrogens (tertiary/aromatic N) is 2. The van der Waals surface area contributed by atoms with E-state index >= 15 is 0 Å². The highest BCUT2D eigenvalue weighted by atomic mass is 16.6. The summed E-state index contributed by atoms with van der Waals surface area (Å²) in [6, 6.07) is 20.8. The molecular weight excluding hydrogens is 480 g/mol. The summed E-state index contributed by atoms with van der Waals surface area (Å²) in [4.78, 5) is 34.0. The number of fused-ring (bicyclic) bond motifs is 1. The maximum absolute atomic E-state index is 12.5. The number of amides is 1. The number of esters is 1. The topological polar surface area (TPSA) is 102 Å². The fraction of sp³-hybridized carbons (Fsp3) is 0.267. The van der Waals surface area contributed by atoms with Gasteiger partial charge >= 0.3 is 12.1 Å². The van der Waals surface area contributed by atoms with Crippen LogP contribution in [0.5, 0.6) is 0 Å². The first-order valence-corrected chi connectivity index (χ1v) is 12.5. The molecule has 38 heavy (non-hydrogen) atoms. The third kappa shape index (κ3) is 7.06. The van der Waals surface area contributed by atoms with E-state index in [0.717, 1.165) is 33.3 Å². The van der Waals surface area contributed by atoms with Gasteiger partial charge < -0.3 is 20.1 Å². The smallest absolute Gasteiger partial charge is 0.408 e. The molecule has 196 valence electrons. The number of ether oxygens (including phenoxy) is 2. The standard InChI is InChI=1S/C30H32N4O4/c1-5-37-28(35)26(34-29(36)38-30(2,3)4)17-20-11-13-23(14-12-20)32-27-24-19-31-16-15-22(24)18-25(33-27)21-9-7-6-8-10-21/h6-16,18-19,26H,5,17H2,1-4H3,(H,32,33)(H,34,36)/t26-/m0/s1. The van der Waals surface area contributed by atoms with E-state index < -0.39 is 23.7 Å². The molecule has 1 amide bonds. The van der Waals surface area contributed by atoms with E-state index in [1.165, 1.54) is 0 Å². The number of alkyl carbamates (subject to hydrolysis) is 1. The van der Waals surface area contributed by atoms with Crippen molar-refractivity contribution in [1.29, 1.82) is 0 Å². The van der Waals surface area contributed by atoms with Gasteiger partial charge in [-0.25, -0.2) is 14.6 Å². The first-order chi connectivity index (χ1) is 18.2. The lowest BCUT2D eigenvalue weighted by Gasteiger charge is -2.23. The van der Waals surface area contributed by atoms with Gasteiger partial charge in [-0.05, 0) is 62.9 Å². The summed E-state index contributed by atoms with van der Waals surface area (Å²) in [5, 5.41) is 7.97. The highest BCUT2D eigenvalue weighted by Crippen LogP contribution is 2.29. The Labute approximate surface area is 222 Å². The first kappa shape index (κ1) is 26.6. The number of benzene rings is 2. The van der Waals surface area contributed by atoms with E-state index in [2.05, 4.69) is 15.6 Å². The van der Waals surface area contributed by atoms with Crippen LogP contribution in [-0.2, 0) is 20.7 Å². The van der Waals surface area contributed by atoms with Crippen molar-refractivity contribution in [2.75, 3.05) is 11.9 Å². The lowest BCUT2D eigenvalue weighted by Crippen LogP contribution is -2.45. The zero-order valence-electron chi connectivity index (χ0n) is 22.0. The normalized spacial score (nSPS) is 12.0. The molecule has 2 heterocycles. The van der Waals surface area contributed by atoms with Crippen LogP contribution in [0.25, 0.3) is 22.0 Å². The quantitative estimate of drug-likeness (QED) is 0.278. The second kappa shape index (κ2) is 11.7. The molecule has 0 bridgehead atoms. The Morgan fingerprint density at radius 1 is 1.00 bits per heavy atom. The number of nitrogens with one attached hydrogen (secondary N) is 2. The van der Waals surface area contributed by atoms with Crippen molar-refractivity contribution >= 4 is 34.3 Å². The maximum Gasteiger partial charge on any atom is 0.408 e. The Morgan fingerprint density at radius 2 is 1.74 bits per heavy atom. The summed E-state index contributed by atoms with van der Waals surface area (Å²) in [6.45, 7) is 7.24. The van der Waals surface area contributed by atoms with Crippen LogP contribution in [-0.4, -0.2) is 40.3 Å². The lowest BCUT2D eigenvalue weighted by molar-refractivity contribution is -0.145. The van der Waals surface area contributed by atoms with Crippen LogP contribution in [0.2, 0.25) is 0 Å². The number of anilines is 2. The molecule has 0 saturated heterocycles. The molecule has 0 radical (unpaired) electrons. The summed E-state index contributed by atoms with van der Waals surface area (Å²) < 4.78 is 10.5. The van der Waals surface area contributed by atoms with Crippen molar-refractivity contribution in [3.8, 4) is 11.3 Å². The van der Waals surface area contributed by atoms with Gasteiger partial charge in [0.15, 0.2) is 0 Å². The molecule has 8 heteroatoms. The first-order valence-electron chi connectivity index (χ1n) is 12.5. The third-order valence-corrected chi connectivity index (χ3v) is 5.62. The molecule has 4 rings (SSSR count). The highest BCUT2D eigenvalue weighted by molar-refractivity contribution is 5.95. The van der Waals surface area contributed by atoms with Gasteiger partial charge in [-0.2, -0.15) is 0 Å². The molecule has 0 aliphatic rings. The van der Waals surface area contributed by atoms with Gasteiger partial charge in [0.05, 0.1) is 12.3 Å². The molecule has 8 nitrogen and oxygen atoms in total. The Kier molecular flexibility index (Phi) is 8.21. The minimum absolute atomic E-state index is 0.214. The molecule has 2 aromatic heterocycles. The lowest BCUT2D eigenvalue weighted by atomic mass is 10.1. The average Bonchev–Trinajstić information content (AvgIpc) is 2.89. The van der Waals surface area contributed by atoms with Gasteiger partial charge in [0.2, 0.25) is 0 Å². The van der Waals surface area contributed by atoms with Crippen LogP contribution in [0.15, 0.2) is 79.1 Å². The molecule has 0 aliphatic heterocycles. The zero-order chi connectivity index (χ0) is 27.1. The number of aromatic nitrogens is 2. The molecule has 0 aliphatic carbocycles. The van der Waals surface area contributed by atoms with Gasteiger partial charge in [0.1, 0.15) is 17.5 Å². The van der Waals surface area contributed by atoms with Crippen molar-refractivity contribution in [3.63, 3.8) is 0 Å². The van der Waals surface area contributed by atoms with E-state index in [9.17, 15) is 9.59 Å². The Bertz CT molecular complexity index is 1400. The van der Waals surface area contributed by atoms with E-state index in [0.29, 0.717) is 5.82 Å². The van der Waals surface area contributed by atoms with Crippen molar-refractivity contribution in [2.24, 2.45) is 0 Å². The van der Waals surface area contributed by atoms with Crippen LogP contribution in [0.1, 0.15) is 33.3 Å². The van der Waals surface area contributed by atoms with Gasteiger partial charge in [-0.1, -0.05) is 42.5 Å². The molecular formula is C30H32N4O4. The van der Waals surface area contributed by atoms with E-state index in [1.54, 1.807) is 40.1 Å². The molecule has 0 spiro atoms. The third-order valence-electron chi connectivity index (χ3n) is 5.62. The van der Waals surface area contributed by atoms with E-state index in [-0.39, 0.29) is 13.0 Å². The van der Waals surface area contributed by atoms with Crippen LogP contribution >= 0.6 is 0 Å². The van der Waals surface area contributed by atoms with Gasteiger partial charge in [-0.15, -0.1) is 0 Å². The number of hydrogen-bond acceptors (Lipinski definition) is 7. The number of carbonyl (C=O) groups excluding carboxylic acids is 2. The second-order valence-electron chi connectivity index (χ2n) is 9.80. The second-order valence-corrected chi connectivity index (χ2v) is 9.80. The Hall–Kier alpha value is -4.46. The van der Waals surface area contributed by atoms with Crippen molar-refractivity contribution in [1.82, 2.24) is 15.3 Å². The summed E-state index contributed by atoms with van der Waals surface area (Å²) >= 11 is 0. The predicted molar refractivity (Wildman–Crippen MR) is 148 cm³/mol. The van der Waals surface area contributed by atoms with E-state index in [4.69, 9.17) is 14.5 Å². The molecule has 0 fully saturated rings. The highest BCUT2D eigenvalue weighted by Gasteiger charge is 2.25. The molecule has 0 unspecified atom stereocenters. The minimum atomic E-state index is -0.872. The van der Waals surface area contributed by atoms with Gasteiger partial charge in [0.25, 0.3) is 0 Å². The number of hydrogen-bond donors (Lipinski definition) is 2. The molecule has 2 N–H and O–H groups in total. The van der Waals surface area contributed by atoms with Gasteiger partial charge in [-0.3, -0.25) is 4.98 Å². The molecule has 4 aromatic rings. The van der Waals surface area contributed by atoms with Crippen molar-refractivity contribution in [2.45, 2.75) is 45.8 Å². The zero-order valence-corrected chi connectivity index (χ0v) is 22.0. The number of carbonyl (C=O) groups is 2. The minimum Gasteiger partial charge on any atom is -0.464 e. The summed E-state index contributed by atoms with van der Waals surface area (Å²) in [5.41, 5.74) is 2.87. The van der Waals surface area contributed by atoms with Crippen LogP contribution in [0.4, 0.5) is 16.3 Å². The Morgan fingerprint density at radius 3 is 2.42 bits per heavy atom. The maximum atomic E-state index is 12.5. The summed E-state index contributed by atoms with van der Waals surface area (Å²) in [6.07, 6.45) is 3.15. The van der Waals surface area contributed by atoms with Crippen LogP contribution in [0.3, 0.4) is 0 Å². The fourth-order valence-corrected chi connectivity index (χ4v) is 3.92. The number of pyridine rings is 2. The predicted octanol–water partition coefficient (Wildman–Crippen LogP) is 6.04. The fourth-order valence-electron chi connectivity index (χ4n) is 3.92. The van der Waals surface area contributed by atoms with Crippen molar-refractivity contribution in [3.05, 3.63) is 84.7 Å². The van der Waals surface area contributed by atoms with Crippen LogP contribution < -0.4 is 10.6 Å². The van der Waals surface area contributed by atoms with E-state index in [1.807, 2.05) is 66.7 Å². The molecule has 0 saturated carbocycles. The monoisotopic (exact) mass is 512 g/mol. The van der Waals surface area contributed by atoms with Crippen LogP contribution in [0, 0.1) is 0 Å². The van der Waals surface area contributed by atoms with Gasteiger partial charge in [0, 0.05) is 35.5 Å². The SMILES string of the molecule is CCOC(=O)[C@H](Cc1ccc(Nc2nc(-c3ccccc3)cc3ccncc23)cc1)NC(=O)OC(C)(C)C. The summed E-state index contributed by atoms with van der Waals surface area (Å²) in [5.74, 6) is 0.180. The number of rotatable bonds is 8. The molecule has 1 atom stereocenters. The van der Waals surface area contributed by atoms with Crippen molar-refractivity contribution < 1.29 is 19.1 Å².